The van der Waals surface area contributed by atoms with Crippen molar-refractivity contribution >= 4 is 17.7 Å². The van der Waals surface area contributed by atoms with Crippen LogP contribution in [0, 0.1) is 5.92 Å². The Morgan fingerprint density at radius 1 is 1.03 bits per heavy atom. The summed E-state index contributed by atoms with van der Waals surface area (Å²) in [6.07, 6.45) is 0.669. The molecule has 3 aromatic carbocycles. The molecule has 2 heterocycles. The fourth-order valence-electron chi connectivity index (χ4n) is 4.73. The second-order valence-electron chi connectivity index (χ2n) is 9.61. The Labute approximate surface area is 232 Å². The largest absolute Gasteiger partial charge is 0.392 e. The van der Waals surface area contributed by atoms with Crippen LogP contribution in [0.3, 0.4) is 0 Å². The molecule has 202 valence electrons. The predicted octanol–water partition coefficient (Wildman–Crippen LogP) is 5.18. The molecule has 0 aliphatic carbocycles. The van der Waals surface area contributed by atoms with Crippen molar-refractivity contribution in [2.45, 2.75) is 50.7 Å². The van der Waals surface area contributed by atoms with E-state index in [2.05, 4.69) is 45.6 Å². The first kappa shape index (κ1) is 27.1. The third-order valence-corrected chi connectivity index (χ3v) is 7.90. The van der Waals surface area contributed by atoms with E-state index in [9.17, 15) is 9.90 Å². The van der Waals surface area contributed by atoms with Crippen LogP contribution < -0.4 is 5.32 Å². The van der Waals surface area contributed by atoms with Gasteiger partial charge in [-0.3, -0.25) is 9.89 Å². The number of benzene rings is 3. The van der Waals surface area contributed by atoms with Crippen LogP contribution >= 0.6 is 11.8 Å². The maximum Gasteiger partial charge on any atom is 0.217 e. The number of thioether (sulfide) groups is 1. The van der Waals surface area contributed by atoms with Crippen molar-refractivity contribution in [3.05, 3.63) is 101 Å². The molecule has 0 saturated carbocycles. The van der Waals surface area contributed by atoms with Gasteiger partial charge in [-0.2, -0.15) is 5.10 Å². The lowest BCUT2D eigenvalue weighted by molar-refractivity contribution is -0.268. The van der Waals surface area contributed by atoms with Gasteiger partial charge in [0.05, 0.1) is 18.8 Å². The number of amides is 1. The molecule has 1 saturated heterocycles. The Hall–Kier alpha value is -3.50. The summed E-state index contributed by atoms with van der Waals surface area (Å²) in [4.78, 5) is 15.7. The van der Waals surface area contributed by atoms with Crippen LogP contribution in [0.4, 0.5) is 0 Å². The van der Waals surface area contributed by atoms with E-state index >= 15 is 0 Å². The maximum absolute atomic E-state index is 11.4. The molecule has 9 heteroatoms. The molecule has 1 fully saturated rings. The van der Waals surface area contributed by atoms with Gasteiger partial charge in [-0.25, -0.2) is 4.98 Å². The van der Waals surface area contributed by atoms with E-state index in [1.807, 2.05) is 54.6 Å². The van der Waals surface area contributed by atoms with E-state index in [1.165, 1.54) is 13.3 Å². The SMILES string of the molecule is CC(=O)NCc1ccccc1-c1ccc(C2OC(CSc3ncn[nH]3)C(C)C(c3ccc(CO)cc3)O2)cc1. The van der Waals surface area contributed by atoms with Gasteiger partial charge >= 0.3 is 0 Å². The molecule has 1 aromatic heterocycles. The highest BCUT2D eigenvalue weighted by Crippen LogP contribution is 2.43. The minimum Gasteiger partial charge on any atom is -0.392 e. The number of nitrogens with zero attached hydrogens (tertiary/aromatic N) is 2. The van der Waals surface area contributed by atoms with Crippen molar-refractivity contribution in [2.24, 2.45) is 5.92 Å². The van der Waals surface area contributed by atoms with E-state index in [0.29, 0.717) is 12.3 Å². The molecule has 39 heavy (non-hydrogen) atoms. The Bertz CT molecular complexity index is 1360. The lowest BCUT2D eigenvalue weighted by Crippen LogP contribution is -2.38. The van der Waals surface area contributed by atoms with Crippen LogP contribution in [0.25, 0.3) is 11.1 Å². The molecule has 8 nitrogen and oxygen atoms in total. The Morgan fingerprint density at radius 3 is 2.46 bits per heavy atom. The van der Waals surface area contributed by atoms with Crippen LogP contribution in [0.1, 0.15) is 48.5 Å². The van der Waals surface area contributed by atoms with E-state index in [-0.39, 0.29) is 30.6 Å². The molecule has 1 aliphatic rings. The molecule has 1 amide bonds. The zero-order chi connectivity index (χ0) is 27.2. The third-order valence-electron chi connectivity index (χ3n) is 6.94. The maximum atomic E-state index is 11.4. The Morgan fingerprint density at radius 2 is 1.77 bits per heavy atom. The van der Waals surface area contributed by atoms with Crippen molar-refractivity contribution in [3.8, 4) is 11.1 Å². The van der Waals surface area contributed by atoms with Gasteiger partial charge in [-0.15, -0.1) is 0 Å². The van der Waals surface area contributed by atoms with Gasteiger partial charge in [-0.1, -0.05) is 91.5 Å². The summed E-state index contributed by atoms with van der Waals surface area (Å²) in [6, 6.07) is 24.2. The van der Waals surface area contributed by atoms with E-state index in [4.69, 9.17) is 9.47 Å². The molecule has 3 N–H and O–H groups in total. The van der Waals surface area contributed by atoms with Crippen molar-refractivity contribution in [3.63, 3.8) is 0 Å². The number of hydrogen-bond donors (Lipinski definition) is 3. The predicted molar refractivity (Wildman–Crippen MR) is 149 cm³/mol. The fourth-order valence-corrected chi connectivity index (χ4v) is 5.67. The number of aliphatic hydroxyl groups excluding tert-OH is 1. The number of carbonyl (C=O) groups is 1. The first-order valence-corrected chi connectivity index (χ1v) is 13.9. The number of aliphatic hydroxyl groups is 1. The number of H-pyrrole nitrogens is 1. The van der Waals surface area contributed by atoms with E-state index in [1.54, 1.807) is 11.8 Å². The van der Waals surface area contributed by atoms with Gasteiger partial charge in [0.15, 0.2) is 11.4 Å². The van der Waals surface area contributed by atoms with Gasteiger partial charge in [0.25, 0.3) is 0 Å². The number of hydrogen-bond acceptors (Lipinski definition) is 7. The average molecular weight is 545 g/mol. The van der Waals surface area contributed by atoms with Crippen LogP contribution in [0.15, 0.2) is 84.3 Å². The quantitative estimate of drug-likeness (QED) is 0.249. The molecule has 5 rings (SSSR count). The van der Waals surface area contributed by atoms with Gasteiger partial charge in [-0.05, 0) is 27.8 Å². The van der Waals surface area contributed by atoms with Crippen molar-refractivity contribution < 1.29 is 19.4 Å². The molecular formula is C30H32N4O4S. The molecule has 1 aliphatic heterocycles. The summed E-state index contributed by atoms with van der Waals surface area (Å²) in [6.45, 7) is 4.14. The third kappa shape index (κ3) is 6.57. The Kier molecular flexibility index (Phi) is 8.73. The highest BCUT2D eigenvalue weighted by Gasteiger charge is 2.38. The molecule has 4 unspecified atom stereocenters. The van der Waals surface area contributed by atoms with Crippen molar-refractivity contribution in [2.75, 3.05) is 5.75 Å². The van der Waals surface area contributed by atoms with Crippen LogP contribution in [-0.2, 0) is 27.4 Å². The number of aromatic nitrogens is 3. The highest BCUT2D eigenvalue weighted by molar-refractivity contribution is 7.99. The van der Waals surface area contributed by atoms with Crippen molar-refractivity contribution in [1.29, 1.82) is 0 Å². The summed E-state index contributed by atoms with van der Waals surface area (Å²) in [5.41, 5.74) is 6.01. The van der Waals surface area contributed by atoms with Gasteiger partial charge in [0.1, 0.15) is 6.33 Å². The average Bonchev–Trinajstić information content (AvgIpc) is 3.50. The molecule has 4 atom stereocenters. The van der Waals surface area contributed by atoms with Gasteiger partial charge in [0.2, 0.25) is 5.91 Å². The fraction of sp³-hybridized carbons (Fsp3) is 0.300. The lowest BCUT2D eigenvalue weighted by Gasteiger charge is -2.41. The van der Waals surface area contributed by atoms with Crippen LogP contribution in [0.2, 0.25) is 0 Å². The van der Waals surface area contributed by atoms with Crippen LogP contribution in [-0.4, -0.2) is 38.1 Å². The molecule has 0 bridgehead atoms. The minimum absolute atomic E-state index is 0.00380. The Balaban J connectivity index is 1.39. The minimum atomic E-state index is -0.548. The topological polar surface area (TPSA) is 109 Å². The van der Waals surface area contributed by atoms with Crippen LogP contribution in [0.5, 0.6) is 0 Å². The van der Waals surface area contributed by atoms with Crippen molar-refractivity contribution in [1.82, 2.24) is 20.5 Å². The molecule has 0 radical (unpaired) electrons. The number of aromatic amines is 1. The molecule has 4 aromatic rings. The summed E-state index contributed by atoms with van der Waals surface area (Å²) in [5.74, 6) is 0.713. The van der Waals surface area contributed by atoms with Gasteiger partial charge in [0, 0.05) is 30.7 Å². The first-order chi connectivity index (χ1) is 19.0. The highest BCUT2D eigenvalue weighted by atomic mass is 32.2. The summed E-state index contributed by atoms with van der Waals surface area (Å²) in [7, 11) is 0. The second kappa shape index (κ2) is 12.6. The van der Waals surface area contributed by atoms with E-state index in [0.717, 1.165) is 38.5 Å². The number of nitrogens with one attached hydrogen (secondary N) is 2. The number of ether oxygens (including phenoxy) is 2. The normalized spacial score (nSPS) is 21.0. The first-order valence-electron chi connectivity index (χ1n) is 12.9. The zero-order valence-corrected chi connectivity index (χ0v) is 22.7. The zero-order valence-electron chi connectivity index (χ0n) is 21.9. The summed E-state index contributed by atoms with van der Waals surface area (Å²) in [5, 5.41) is 20.0. The number of carbonyl (C=O) groups excluding carboxylic acids is 1. The molecule has 0 spiro atoms. The van der Waals surface area contributed by atoms with E-state index < -0.39 is 6.29 Å². The monoisotopic (exact) mass is 544 g/mol. The summed E-state index contributed by atoms with van der Waals surface area (Å²) >= 11 is 1.57. The van der Waals surface area contributed by atoms with Gasteiger partial charge < -0.3 is 19.9 Å². The standard InChI is InChI=1S/C30H32N4O4S/c1-19-27(17-39-30-32-18-33-34-30)37-29(38-28(19)23-9-7-21(16-35)8-10-23)24-13-11-22(12-14-24)26-6-4-3-5-25(26)15-31-20(2)36/h3-14,18-19,27-29,35H,15-17H2,1-2H3,(H,31,36)(H,32,33,34). The number of rotatable bonds is 9. The second-order valence-corrected chi connectivity index (χ2v) is 10.6. The molecular weight excluding hydrogens is 512 g/mol. The summed E-state index contributed by atoms with van der Waals surface area (Å²) < 4.78 is 13.1. The smallest absolute Gasteiger partial charge is 0.217 e. The lowest BCUT2D eigenvalue weighted by atomic mass is 9.91.